The number of carboxylic acids is 1. The number of fused-ring (bicyclic) bond motifs is 2. The van der Waals surface area contributed by atoms with Crippen LogP contribution in [0.15, 0.2) is 5.16 Å². The first-order valence-electron chi connectivity index (χ1n) is 7.28. The molecule has 3 aliphatic heterocycles. The standard InChI is InChI=1S/C11H17N3O.C2HF3O2/c1-11-3-2-4-14(11)10(13-15-11)9-7-5-12-6-8(7)9;3-2(4,5)1(6)7/h7-9,12H,2-6H2,1H3;(H,6,7)/t7-,8+,9?,11?;. The molecule has 3 fully saturated rings. The molecule has 2 unspecified atom stereocenters. The Kier molecular flexibility index (Phi) is 3.50. The minimum atomic E-state index is -5.08. The predicted octanol–water partition coefficient (Wildman–Crippen LogP) is 1.24. The summed E-state index contributed by atoms with van der Waals surface area (Å²) in [7, 11) is 0. The maximum Gasteiger partial charge on any atom is 0.490 e. The van der Waals surface area contributed by atoms with Crippen LogP contribution in [0.3, 0.4) is 0 Å². The topological polar surface area (TPSA) is 74.2 Å². The van der Waals surface area contributed by atoms with Crippen LogP contribution in [0.5, 0.6) is 0 Å². The van der Waals surface area contributed by atoms with E-state index < -0.39 is 12.1 Å². The number of hydrogen-bond donors (Lipinski definition) is 2. The first kappa shape index (κ1) is 15.4. The van der Waals surface area contributed by atoms with Gasteiger partial charge in [-0.1, -0.05) is 5.16 Å². The minimum absolute atomic E-state index is 0.0976. The summed E-state index contributed by atoms with van der Waals surface area (Å²) >= 11 is 0. The van der Waals surface area contributed by atoms with Gasteiger partial charge >= 0.3 is 12.1 Å². The summed E-state index contributed by atoms with van der Waals surface area (Å²) < 4.78 is 31.7. The fourth-order valence-corrected chi connectivity index (χ4v) is 3.62. The molecule has 0 spiro atoms. The van der Waals surface area contributed by atoms with Crippen molar-refractivity contribution < 1.29 is 27.9 Å². The molecule has 1 saturated carbocycles. The molecule has 124 valence electrons. The zero-order valence-electron chi connectivity index (χ0n) is 12.1. The van der Waals surface area contributed by atoms with Crippen molar-refractivity contribution in [2.24, 2.45) is 22.9 Å². The molecule has 0 bridgehead atoms. The number of carbonyl (C=O) groups is 1. The fourth-order valence-electron chi connectivity index (χ4n) is 3.62. The normalized spacial score (nSPS) is 38.5. The average Bonchev–Trinajstić information content (AvgIpc) is 2.80. The van der Waals surface area contributed by atoms with Crippen LogP contribution < -0.4 is 5.32 Å². The maximum absolute atomic E-state index is 10.6. The molecule has 2 N–H and O–H groups in total. The Labute approximate surface area is 125 Å². The molecule has 9 heteroatoms. The molecule has 4 rings (SSSR count). The van der Waals surface area contributed by atoms with Crippen LogP contribution in [0.1, 0.15) is 19.8 Å². The molecule has 3 heterocycles. The molecule has 4 atom stereocenters. The molecule has 4 aliphatic rings. The highest BCUT2D eigenvalue weighted by Gasteiger charge is 2.60. The van der Waals surface area contributed by atoms with E-state index in [1.807, 2.05) is 0 Å². The van der Waals surface area contributed by atoms with Gasteiger partial charge in [0.2, 0.25) is 5.72 Å². The van der Waals surface area contributed by atoms with Gasteiger partial charge in [-0.25, -0.2) is 4.79 Å². The number of rotatable bonds is 1. The fraction of sp³-hybridized carbons (Fsp3) is 0.846. The van der Waals surface area contributed by atoms with Gasteiger partial charge in [-0.05, 0) is 38.3 Å². The molecule has 0 aromatic heterocycles. The third kappa shape index (κ3) is 2.51. The lowest BCUT2D eigenvalue weighted by molar-refractivity contribution is -0.192. The summed E-state index contributed by atoms with van der Waals surface area (Å²) in [5.41, 5.74) is -0.0976. The number of piperidine rings is 1. The number of halogens is 3. The second-order valence-corrected chi connectivity index (χ2v) is 6.29. The number of carboxylic acid groups (broad SMARTS) is 1. The summed E-state index contributed by atoms with van der Waals surface area (Å²) in [6.07, 6.45) is -2.71. The van der Waals surface area contributed by atoms with E-state index in [9.17, 15) is 13.2 Å². The Morgan fingerprint density at radius 3 is 2.59 bits per heavy atom. The van der Waals surface area contributed by atoms with Crippen molar-refractivity contribution in [2.75, 3.05) is 19.6 Å². The van der Waals surface area contributed by atoms with Crippen molar-refractivity contribution in [3.05, 3.63) is 0 Å². The van der Waals surface area contributed by atoms with Crippen LogP contribution in [0.25, 0.3) is 0 Å². The second-order valence-electron chi connectivity index (χ2n) is 6.29. The van der Waals surface area contributed by atoms with E-state index in [-0.39, 0.29) is 5.72 Å². The average molecular weight is 321 g/mol. The van der Waals surface area contributed by atoms with Gasteiger partial charge in [0.15, 0.2) is 5.84 Å². The van der Waals surface area contributed by atoms with Crippen LogP contribution in [0, 0.1) is 17.8 Å². The molecule has 0 aromatic rings. The van der Waals surface area contributed by atoms with Crippen LogP contribution in [0.2, 0.25) is 0 Å². The van der Waals surface area contributed by atoms with Crippen LogP contribution in [0.4, 0.5) is 13.2 Å². The number of oxime groups is 1. The number of nitrogens with one attached hydrogen (secondary N) is 1. The van der Waals surface area contributed by atoms with E-state index in [0.29, 0.717) is 5.92 Å². The van der Waals surface area contributed by atoms with Crippen LogP contribution in [-0.2, 0) is 9.63 Å². The Balaban J connectivity index is 0.000000178. The van der Waals surface area contributed by atoms with Crippen molar-refractivity contribution in [2.45, 2.75) is 31.7 Å². The molecular formula is C13H18F3N3O3. The van der Waals surface area contributed by atoms with Gasteiger partial charge < -0.3 is 20.2 Å². The summed E-state index contributed by atoms with van der Waals surface area (Å²) in [6.45, 7) is 5.67. The van der Waals surface area contributed by atoms with Gasteiger partial charge in [-0.3, -0.25) is 0 Å². The van der Waals surface area contributed by atoms with Crippen molar-refractivity contribution in [3.63, 3.8) is 0 Å². The summed E-state index contributed by atoms with van der Waals surface area (Å²) in [4.78, 5) is 16.9. The monoisotopic (exact) mass is 321 g/mol. The zero-order chi connectivity index (χ0) is 16.1. The highest BCUT2D eigenvalue weighted by Crippen LogP contribution is 2.53. The van der Waals surface area contributed by atoms with Gasteiger partial charge in [0.05, 0.1) is 0 Å². The molecule has 0 amide bonds. The first-order chi connectivity index (χ1) is 10.2. The van der Waals surface area contributed by atoms with E-state index in [4.69, 9.17) is 14.7 Å². The van der Waals surface area contributed by atoms with E-state index in [0.717, 1.165) is 24.8 Å². The Hall–Kier alpha value is -1.51. The third-order valence-corrected chi connectivity index (χ3v) is 4.84. The smallest absolute Gasteiger partial charge is 0.475 e. The molecule has 0 radical (unpaired) electrons. The number of nitrogens with zero attached hydrogens (tertiary/aromatic N) is 2. The van der Waals surface area contributed by atoms with E-state index in [1.54, 1.807) is 0 Å². The van der Waals surface area contributed by atoms with Crippen LogP contribution in [-0.4, -0.2) is 53.3 Å². The lowest BCUT2D eigenvalue weighted by Crippen LogP contribution is -2.42. The number of hydrogen-bond acceptors (Lipinski definition) is 5. The van der Waals surface area contributed by atoms with Crippen molar-refractivity contribution in [3.8, 4) is 0 Å². The van der Waals surface area contributed by atoms with Crippen molar-refractivity contribution in [1.82, 2.24) is 10.2 Å². The lowest BCUT2D eigenvalue weighted by Gasteiger charge is -2.27. The van der Waals surface area contributed by atoms with Gasteiger partial charge in [0.25, 0.3) is 0 Å². The zero-order valence-corrected chi connectivity index (χ0v) is 12.1. The number of alkyl halides is 3. The molecule has 1 aliphatic carbocycles. The largest absolute Gasteiger partial charge is 0.490 e. The molecular weight excluding hydrogens is 303 g/mol. The maximum atomic E-state index is 10.6. The van der Waals surface area contributed by atoms with Gasteiger partial charge in [-0.2, -0.15) is 13.2 Å². The summed E-state index contributed by atoms with van der Waals surface area (Å²) in [5, 5.41) is 14.9. The molecule has 6 nitrogen and oxygen atoms in total. The molecule has 2 saturated heterocycles. The predicted molar refractivity (Wildman–Crippen MR) is 69.9 cm³/mol. The van der Waals surface area contributed by atoms with E-state index in [1.165, 1.54) is 25.3 Å². The van der Waals surface area contributed by atoms with Gasteiger partial charge in [0, 0.05) is 18.9 Å². The Morgan fingerprint density at radius 2 is 2.05 bits per heavy atom. The van der Waals surface area contributed by atoms with Crippen LogP contribution >= 0.6 is 0 Å². The van der Waals surface area contributed by atoms with E-state index >= 15 is 0 Å². The first-order valence-corrected chi connectivity index (χ1v) is 7.28. The lowest BCUT2D eigenvalue weighted by atomic mass is 10.1. The van der Waals surface area contributed by atoms with Gasteiger partial charge in [0.1, 0.15) is 0 Å². The van der Waals surface area contributed by atoms with E-state index in [2.05, 4.69) is 22.3 Å². The SMILES string of the molecule is CC12CCCN1C(C1[C@H]3CNC[C@@H]13)=NO2.O=C(O)C(F)(F)F. The Morgan fingerprint density at radius 1 is 1.45 bits per heavy atom. The number of aliphatic carboxylic acids is 1. The summed E-state index contributed by atoms with van der Waals surface area (Å²) in [6, 6.07) is 0. The molecule has 0 aromatic carbocycles. The van der Waals surface area contributed by atoms with Crippen molar-refractivity contribution in [1.29, 1.82) is 0 Å². The number of amidine groups is 1. The highest BCUT2D eigenvalue weighted by molar-refractivity contribution is 5.89. The second kappa shape index (κ2) is 5.00. The Bertz CT molecular complexity index is 500. The minimum Gasteiger partial charge on any atom is -0.475 e. The summed E-state index contributed by atoms with van der Waals surface area (Å²) in [5.74, 6) is 0.885. The van der Waals surface area contributed by atoms with Crippen molar-refractivity contribution >= 4 is 11.8 Å². The third-order valence-electron chi connectivity index (χ3n) is 4.84. The highest BCUT2D eigenvalue weighted by atomic mass is 19.4. The van der Waals surface area contributed by atoms with Gasteiger partial charge in [-0.15, -0.1) is 0 Å². The molecule has 22 heavy (non-hydrogen) atoms. The quantitative estimate of drug-likeness (QED) is 0.760.